The molecule has 0 N–H and O–H groups in total. The van der Waals surface area contributed by atoms with Crippen LogP contribution in [0.1, 0.15) is 10.6 Å². The number of methoxy groups -OCH3 is 2. The molecule has 2 aromatic carbocycles. The van der Waals surface area contributed by atoms with E-state index in [1.807, 2.05) is 23.6 Å². The molecule has 0 saturated carbocycles. The maximum Gasteiger partial charge on any atom is 0.160 e. The highest BCUT2D eigenvalue weighted by molar-refractivity contribution is 7.10. The van der Waals surface area contributed by atoms with Gasteiger partial charge in [0.2, 0.25) is 0 Å². The molecule has 1 aromatic heterocycles. The molecule has 1 heterocycles. The highest BCUT2D eigenvalue weighted by Gasteiger charge is 2.10. The SMILES string of the molecule is COc1ccc(Cc2nc(-c3ccc(F)c(F)c3)cs2)cc1OC. The van der Waals surface area contributed by atoms with E-state index < -0.39 is 11.6 Å². The molecule has 0 spiro atoms. The Morgan fingerprint density at radius 1 is 0.958 bits per heavy atom. The predicted molar refractivity (Wildman–Crippen MR) is 89.8 cm³/mol. The second-order valence-corrected chi connectivity index (χ2v) is 6.06. The Morgan fingerprint density at radius 2 is 1.75 bits per heavy atom. The van der Waals surface area contributed by atoms with Gasteiger partial charge in [-0.2, -0.15) is 0 Å². The molecule has 0 aliphatic carbocycles. The Hall–Kier alpha value is -2.47. The molecule has 6 heteroatoms. The molecule has 0 amide bonds. The Balaban J connectivity index is 1.82. The molecule has 0 aliphatic heterocycles. The van der Waals surface area contributed by atoms with Crippen LogP contribution in [-0.4, -0.2) is 19.2 Å². The highest BCUT2D eigenvalue weighted by Crippen LogP contribution is 2.30. The van der Waals surface area contributed by atoms with Gasteiger partial charge in [0.15, 0.2) is 23.1 Å². The van der Waals surface area contributed by atoms with Crippen molar-refractivity contribution in [3.63, 3.8) is 0 Å². The van der Waals surface area contributed by atoms with E-state index >= 15 is 0 Å². The minimum absolute atomic E-state index is 0.559. The van der Waals surface area contributed by atoms with Crippen LogP contribution in [0.2, 0.25) is 0 Å². The molecule has 0 bridgehead atoms. The van der Waals surface area contributed by atoms with Crippen LogP contribution in [0, 0.1) is 11.6 Å². The lowest BCUT2D eigenvalue weighted by Crippen LogP contribution is -1.93. The number of benzene rings is 2. The number of hydrogen-bond donors (Lipinski definition) is 0. The third kappa shape index (κ3) is 3.38. The lowest BCUT2D eigenvalue weighted by atomic mass is 10.1. The molecular formula is C18H15F2NO2S. The maximum atomic E-state index is 13.3. The Labute approximate surface area is 142 Å². The number of halogens is 2. The number of nitrogens with zero attached hydrogens (tertiary/aromatic N) is 1. The molecule has 124 valence electrons. The summed E-state index contributed by atoms with van der Waals surface area (Å²) in [5.74, 6) is -0.406. The molecule has 24 heavy (non-hydrogen) atoms. The number of rotatable bonds is 5. The summed E-state index contributed by atoms with van der Waals surface area (Å²) in [6, 6.07) is 9.48. The van der Waals surface area contributed by atoms with Gasteiger partial charge in [-0.15, -0.1) is 11.3 Å². The smallest absolute Gasteiger partial charge is 0.160 e. The summed E-state index contributed by atoms with van der Waals surface area (Å²) >= 11 is 1.47. The lowest BCUT2D eigenvalue weighted by molar-refractivity contribution is 0.354. The lowest BCUT2D eigenvalue weighted by Gasteiger charge is -2.08. The summed E-state index contributed by atoms with van der Waals surface area (Å²) in [6.45, 7) is 0. The molecule has 3 aromatic rings. The van der Waals surface area contributed by atoms with Crippen molar-refractivity contribution in [3.8, 4) is 22.8 Å². The maximum absolute atomic E-state index is 13.3. The Bertz CT molecular complexity index is 864. The quantitative estimate of drug-likeness (QED) is 0.671. The summed E-state index contributed by atoms with van der Waals surface area (Å²) in [4.78, 5) is 4.50. The molecule has 0 saturated heterocycles. The van der Waals surface area contributed by atoms with Crippen molar-refractivity contribution in [2.75, 3.05) is 14.2 Å². The first kappa shape index (κ1) is 16.4. The molecule has 3 rings (SSSR count). The topological polar surface area (TPSA) is 31.4 Å². The van der Waals surface area contributed by atoms with Crippen LogP contribution < -0.4 is 9.47 Å². The minimum Gasteiger partial charge on any atom is -0.493 e. The first-order valence-electron chi connectivity index (χ1n) is 7.21. The Morgan fingerprint density at radius 3 is 2.46 bits per heavy atom. The fourth-order valence-electron chi connectivity index (χ4n) is 2.35. The van der Waals surface area contributed by atoms with Gasteiger partial charge in [-0.25, -0.2) is 13.8 Å². The second kappa shape index (κ2) is 6.97. The van der Waals surface area contributed by atoms with Crippen LogP contribution >= 0.6 is 11.3 Å². The van der Waals surface area contributed by atoms with Crippen molar-refractivity contribution < 1.29 is 18.3 Å². The zero-order valence-corrected chi connectivity index (χ0v) is 14.0. The summed E-state index contributed by atoms with van der Waals surface area (Å²) in [5, 5.41) is 2.71. The standard InChI is InChI=1S/C18H15F2NO2S/c1-22-16-6-3-11(7-17(16)23-2)8-18-21-15(10-24-18)12-4-5-13(19)14(20)9-12/h3-7,9-10H,8H2,1-2H3. The van der Waals surface area contributed by atoms with Crippen molar-refractivity contribution in [1.29, 1.82) is 0 Å². The predicted octanol–water partition coefficient (Wildman–Crippen LogP) is 4.70. The summed E-state index contributed by atoms with van der Waals surface area (Å²) < 4.78 is 36.9. The second-order valence-electron chi connectivity index (χ2n) is 5.12. The molecule has 0 radical (unpaired) electrons. The van der Waals surface area contributed by atoms with Gasteiger partial charge in [-0.3, -0.25) is 0 Å². The van der Waals surface area contributed by atoms with Crippen molar-refractivity contribution in [1.82, 2.24) is 4.98 Å². The van der Waals surface area contributed by atoms with Gasteiger partial charge in [0, 0.05) is 17.4 Å². The summed E-state index contributed by atoms with van der Waals surface area (Å²) in [5.41, 5.74) is 2.22. The van der Waals surface area contributed by atoms with Crippen LogP contribution in [0.3, 0.4) is 0 Å². The van der Waals surface area contributed by atoms with E-state index in [1.165, 1.54) is 17.4 Å². The normalized spacial score (nSPS) is 10.7. The van der Waals surface area contributed by atoms with Crippen LogP contribution in [0.5, 0.6) is 11.5 Å². The van der Waals surface area contributed by atoms with E-state index in [9.17, 15) is 8.78 Å². The Kier molecular flexibility index (Phi) is 4.76. The molecular weight excluding hydrogens is 332 g/mol. The third-order valence-corrected chi connectivity index (χ3v) is 4.42. The average molecular weight is 347 g/mol. The van der Waals surface area contributed by atoms with Crippen molar-refractivity contribution in [2.24, 2.45) is 0 Å². The van der Waals surface area contributed by atoms with E-state index in [4.69, 9.17) is 9.47 Å². The van der Waals surface area contributed by atoms with Gasteiger partial charge in [0.1, 0.15) is 0 Å². The van der Waals surface area contributed by atoms with Crippen molar-refractivity contribution >= 4 is 11.3 Å². The van der Waals surface area contributed by atoms with Crippen LogP contribution in [0.25, 0.3) is 11.3 Å². The monoisotopic (exact) mass is 347 g/mol. The molecule has 0 aliphatic rings. The van der Waals surface area contributed by atoms with Crippen LogP contribution in [0.15, 0.2) is 41.8 Å². The highest BCUT2D eigenvalue weighted by atomic mass is 32.1. The van der Waals surface area contributed by atoms with Gasteiger partial charge >= 0.3 is 0 Å². The van der Waals surface area contributed by atoms with Gasteiger partial charge in [-0.05, 0) is 35.9 Å². The first-order chi connectivity index (χ1) is 11.6. The average Bonchev–Trinajstić information content (AvgIpc) is 3.05. The molecule has 0 atom stereocenters. The number of ether oxygens (including phenoxy) is 2. The van der Waals surface area contributed by atoms with Crippen molar-refractivity contribution in [2.45, 2.75) is 6.42 Å². The molecule has 0 unspecified atom stereocenters. The van der Waals surface area contributed by atoms with E-state index in [-0.39, 0.29) is 0 Å². The largest absolute Gasteiger partial charge is 0.493 e. The van der Waals surface area contributed by atoms with Gasteiger partial charge < -0.3 is 9.47 Å². The van der Waals surface area contributed by atoms with Gasteiger partial charge in [0.05, 0.1) is 24.9 Å². The van der Waals surface area contributed by atoms with Crippen LogP contribution in [0.4, 0.5) is 8.78 Å². The zero-order valence-electron chi connectivity index (χ0n) is 13.2. The fraction of sp³-hybridized carbons (Fsp3) is 0.167. The van der Waals surface area contributed by atoms with E-state index in [1.54, 1.807) is 14.2 Å². The van der Waals surface area contributed by atoms with E-state index in [2.05, 4.69) is 4.98 Å². The number of thiazole rings is 1. The van der Waals surface area contributed by atoms with Crippen LogP contribution in [-0.2, 0) is 6.42 Å². The molecule has 3 nitrogen and oxygen atoms in total. The fourth-order valence-corrected chi connectivity index (χ4v) is 3.18. The number of aromatic nitrogens is 1. The third-order valence-electron chi connectivity index (χ3n) is 3.57. The zero-order chi connectivity index (χ0) is 17.1. The van der Waals surface area contributed by atoms with Gasteiger partial charge in [-0.1, -0.05) is 6.07 Å². The van der Waals surface area contributed by atoms with E-state index in [0.717, 1.165) is 22.7 Å². The summed E-state index contributed by atoms with van der Waals surface area (Å²) in [7, 11) is 3.18. The first-order valence-corrected chi connectivity index (χ1v) is 8.09. The van der Waals surface area contributed by atoms with Crippen molar-refractivity contribution in [3.05, 3.63) is 64.0 Å². The summed E-state index contributed by atoms with van der Waals surface area (Å²) in [6.07, 6.45) is 0.620. The minimum atomic E-state index is -0.873. The molecule has 0 fully saturated rings. The van der Waals surface area contributed by atoms with E-state index in [0.29, 0.717) is 29.2 Å². The number of hydrogen-bond acceptors (Lipinski definition) is 4. The van der Waals surface area contributed by atoms with Gasteiger partial charge in [0.25, 0.3) is 0 Å².